The lowest BCUT2D eigenvalue weighted by molar-refractivity contribution is 0.617. The predicted molar refractivity (Wildman–Crippen MR) is 65.5 cm³/mol. The molecule has 90 valence electrons. The van der Waals surface area contributed by atoms with Crippen LogP contribution in [0.25, 0.3) is 0 Å². The van der Waals surface area contributed by atoms with Gasteiger partial charge in [-0.1, -0.05) is 23.7 Å². The van der Waals surface area contributed by atoms with Gasteiger partial charge in [-0.25, -0.2) is 4.39 Å². The molecule has 1 N–H and O–H groups in total. The van der Waals surface area contributed by atoms with Gasteiger partial charge in [0.15, 0.2) is 0 Å². The summed E-state index contributed by atoms with van der Waals surface area (Å²) in [5, 5.41) is 7.36. The van der Waals surface area contributed by atoms with Crippen molar-refractivity contribution in [2.24, 2.45) is 7.05 Å². The van der Waals surface area contributed by atoms with Crippen molar-refractivity contribution < 1.29 is 4.39 Å². The lowest BCUT2D eigenvalue weighted by Gasteiger charge is -2.16. The summed E-state index contributed by atoms with van der Waals surface area (Å²) in [6.07, 6.45) is 3.62. The maximum atomic E-state index is 13.4. The minimum atomic E-state index is -0.409. The highest BCUT2D eigenvalue weighted by Crippen LogP contribution is 2.29. The minimum Gasteiger partial charge on any atom is -0.309 e. The van der Waals surface area contributed by atoms with E-state index in [1.165, 1.54) is 6.07 Å². The molecule has 0 aliphatic heterocycles. The Morgan fingerprint density at radius 3 is 2.82 bits per heavy atom. The molecule has 1 unspecified atom stereocenters. The summed E-state index contributed by atoms with van der Waals surface area (Å²) in [5.74, 6) is -0.409. The summed E-state index contributed by atoms with van der Waals surface area (Å²) >= 11 is 5.98. The largest absolute Gasteiger partial charge is 0.309 e. The van der Waals surface area contributed by atoms with Crippen LogP contribution in [0.5, 0.6) is 0 Å². The van der Waals surface area contributed by atoms with Crippen LogP contribution in [0.15, 0.2) is 30.6 Å². The lowest BCUT2D eigenvalue weighted by atomic mass is 10.0. The van der Waals surface area contributed by atoms with E-state index < -0.39 is 5.82 Å². The Kier molecular flexibility index (Phi) is 3.45. The number of benzene rings is 1. The molecule has 0 aliphatic carbocycles. The molecular weight excluding hydrogens is 241 g/mol. The Morgan fingerprint density at radius 2 is 2.24 bits per heavy atom. The van der Waals surface area contributed by atoms with E-state index in [9.17, 15) is 4.39 Å². The summed E-state index contributed by atoms with van der Waals surface area (Å²) in [5.41, 5.74) is 1.66. The zero-order chi connectivity index (χ0) is 12.4. The standard InChI is InChI=1S/C12H13ClFN3/c1-15-12(8-6-16-17(2)7-8)9-4-3-5-10(14)11(9)13/h3-7,12,15H,1-2H3. The molecule has 17 heavy (non-hydrogen) atoms. The molecule has 0 saturated carbocycles. The van der Waals surface area contributed by atoms with Crippen molar-refractivity contribution >= 4 is 11.6 Å². The molecular formula is C12H13ClFN3. The van der Waals surface area contributed by atoms with E-state index in [0.29, 0.717) is 5.56 Å². The van der Waals surface area contributed by atoms with Gasteiger partial charge in [0.05, 0.1) is 17.3 Å². The molecule has 2 rings (SSSR count). The zero-order valence-corrected chi connectivity index (χ0v) is 10.4. The van der Waals surface area contributed by atoms with Crippen LogP contribution >= 0.6 is 11.6 Å². The van der Waals surface area contributed by atoms with Crippen LogP contribution in [-0.2, 0) is 7.05 Å². The average Bonchev–Trinajstić information content (AvgIpc) is 2.72. The third-order valence-electron chi connectivity index (χ3n) is 2.64. The summed E-state index contributed by atoms with van der Waals surface area (Å²) in [6, 6.07) is 4.64. The quantitative estimate of drug-likeness (QED) is 0.911. The van der Waals surface area contributed by atoms with E-state index in [1.54, 1.807) is 30.1 Å². The SMILES string of the molecule is CNC(c1cnn(C)c1)c1cccc(F)c1Cl. The molecule has 3 nitrogen and oxygen atoms in total. The predicted octanol–water partition coefficient (Wildman–Crippen LogP) is 2.52. The summed E-state index contributed by atoms with van der Waals surface area (Å²) in [6.45, 7) is 0. The van der Waals surface area contributed by atoms with Gasteiger partial charge in [0.1, 0.15) is 5.82 Å². The lowest BCUT2D eigenvalue weighted by Crippen LogP contribution is -2.17. The fraction of sp³-hybridized carbons (Fsp3) is 0.250. The van der Waals surface area contributed by atoms with Crippen molar-refractivity contribution in [3.8, 4) is 0 Å². The second kappa shape index (κ2) is 4.85. The van der Waals surface area contributed by atoms with Crippen LogP contribution in [0.3, 0.4) is 0 Å². The van der Waals surface area contributed by atoms with Gasteiger partial charge in [0, 0.05) is 18.8 Å². The van der Waals surface area contributed by atoms with Crippen molar-refractivity contribution in [1.29, 1.82) is 0 Å². The van der Waals surface area contributed by atoms with Crippen LogP contribution in [0.1, 0.15) is 17.2 Å². The molecule has 0 saturated heterocycles. The molecule has 0 amide bonds. The first kappa shape index (κ1) is 12.1. The van der Waals surface area contributed by atoms with E-state index in [4.69, 9.17) is 11.6 Å². The van der Waals surface area contributed by atoms with Gasteiger partial charge >= 0.3 is 0 Å². The average molecular weight is 254 g/mol. The van der Waals surface area contributed by atoms with Crippen molar-refractivity contribution in [2.75, 3.05) is 7.05 Å². The van der Waals surface area contributed by atoms with Gasteiger partial charge in [0.2, 0.25) is 0 Å². The number of rotatable bonds is 3. The van der Waals surface area contributed by atoms with Crippen molar-refractivity contribution in [2.45, 2.75) is 6.04 Å². The molecule has 0 radical (unpaired) electrons. The highest BCUT2D eigenvalue weighted by Gasteiger charge is 2.18. The Balaban J connectivity index is 2.45. The van der Waals surface area contributed by atoms with Crippen molar-refractivity contribution in [1.82, 2.24) is 15.1 Å². The molecule has 1 aromatic heterocycles. The van der Waals surface area contributed by atoms with Gasteiger partial charge in [-0.15, -0.1) is 0 Å². The fourth-order valence-electron chi connectivity index (χ4n) is 1.83. The van der Waals surface area contributed by atoms with Gasteiger partial charge in [-0.2, -0.15) is 5.10 Å². The summed E-state index contributed by atoms with van der Waals surface area (Å²) in [4.78, 5) is 0. The third-order valence-corrected chi connectivity index (χ3v) is 3.04. The number of nitrogens with one attached hydrogen (secondary N) is 1. The van der Waals surface area contributed by atoms with Crippen LogP contribution < -0.4 is 5.32 Å². The maximum Gasteiger partial charge on any atom is 0.142 e. The monoisotopic (exact) mass is 253 g/mol. The number of nitrogens with zero attached hydrogens (tertiary/aromatic N) is 2. The topological polar surface area (TPSA) is 29.9 Å². The van der Waals surface area contributed by atoms with Crippen LogP contribution in [-0.4, -0.2) is 16.8 Å². The molecule has 1 heterocycles. The number of aryl methyl sites for hydroxylation is 1. The van der Waals surface area contributed by atoms with Gasteiger partial charge in [-0.05, 0) is 18.7 Å². The first-order chi connectivity index (χ1) is 8.13. The van der Waals surface area contributed by atoms with E-state index in [-0.39, 0.29) is 11.1 Å². The fourth-order valence-corrected chi connectivity index (χ4v) is 2.07. The second-order valence-electron chi connectivity index (χ2n) is 3.81. The van der Waals surface area contributed by atoms with Crippen LogP contribution in [0, 0.1) is 5.82 Å². The molecule has 1 aromatic carbocycles. The zero-order valence-electron chi connectivity index (χ0n) is 9.61. The molecule has 0 fully saturated rings. The molecule has 0 aliphatic rings. The molecule has 2 aromatic rings. The minimum absolute atomic E-state index is 0.149. The van der Waals surface area contributed by atoms with Crippen molar-refractivity contribution in [3.05, 3.63) is 52.6 Å². The first-order valence-electron chi connectivity index (χ1n) is 5.23. The third kappa shape index (κ3) is 2.33. The highest BCUT2D eigenvalue weighted by atomic mass is 35.5. The number of halogens is 2. The smallest absolute Gasteiger partial charge is 0.142 e. The molecule has 0 bridgehead atoms. The van der Waals surface area contributed by atoms with Gasteiger partial charge in [-0.3, -0.25) is 4.68 Å². The Hall–Kier alpha value is -1.39. The Labute approximate surface area is 104 Å². The van der Waals surface area contributed by atoms with E-state index in [2.05, 4.69) is 10.4 Å². The van der Waals surface area contributed by atoms with E-state index in [0.717, 1.165) is 5.56 Å². The number of hydrogen-bond acceptors (Lipinski definition) is 2. The van der Waals surface area contributed by atoms with E-state index >= 15 is 0 Å². The molecule has 1 atom stereocenters. The summed E-state index contributed by atoms with van der Waals surface area (Å²) < 4.78 is 15.1. The van der Waals surface area contributed by atoms with Crippen molar-refractivity contribution in [3.63, 3.8) is 0 Å². The van der Waals surface area contributed by atoms with Gasteiger partial charge in [0.25, 0.3) is 0 Å². The van der Waals surface area contributed by atoms with E-state index in [1.807, 2.05) is 13.2 Å². The highest BCUT2D eigenvalue weighted by molar-refractivity contribution is 6.31. The first-order valence-corrected chi connectivity index (χ1v) is 5.61. The molecule has 5 heteroatoms. The Bertz CT molecular complexity index is 524. The molecule has 0 spiro atoms. The number of aromatic nitrogens is 2. The second-order valence-corrected chi connectivity index (χ2v) is 4.19. The van der Waals surface area contributed by atoms with Crippen LogP contribution in [0.2, 0.25) is 5.02 Å². The normalized spacial score (nSPS) is 12.7. The Morgan fingerprint density at radius 1 is 1.47 bits per heavy atom. The maximum absolute atomic E-state index is 13.4. The van der Waals surface area contributed by atoms with Gasteiger partial charge < -0.3 is 5.32 Å². The number of hydrogen-bond donors (Lipinski definition) is 1. The van der Waals surface area contributed by atoms with Crippen LogP contribution in [0.4, 0.5) is 4.39 Å². The summed E-state index contributed by atoms with van der Waals surface area (Å²) in [7, 11) is 3.64.